The molecule has 0 saturated carbocycles. The molecule has 0 bridgehead atoms. The van der Waals surface area contributed by atoms with Crippen LogP contribution >= 0.6 is 0 Å². The van der Waals surface area contributed by atoms with Crippen LogP contribution in [0.5, 0.6) is 11.5 Å². The lowest BCUT2D eigenvalue weighted by Gasteiger charge is -2.07. The van der Waals surface area contributed by atoms with Crippen LogP contribution in [0.15, 0.2) is 6.07 Å². The van der Waals surface area contributed by atoms with Crippen molar-refractivity contribution in [2.24, 2.45) is 5.90 Å². The largest absolute Gasteiger partial charge is 0.504 e. The average Bonchev–Trinajstić information content (AvgIpc) is 2.11. The van der Waals surface area contributed by atoms with E-state index in [2.05, 4.69) is 4.84 Å². The first-order valence-electron chi connectivity index (χ1n) is 3.59. The van der Waals surface area contributed by atoms with Gasteiger partial charge in [0.25, 0.3) is 0 Å². The summed E-state index contributed by atoms with van der Waals surface area (Å²) in [5, 5.41) is 18.2. The highest BCUT2D eigenvalue weighted by Gasteiger charge is 2.14. The lowest BCUT2D eigenvalue weighted by molar-refractivity contribution is 0.121. The van der Waals surface area contributed by atoms with E-state index < -0.39 is 17.3 Å². The van der Waals surface area contributed by atoms with Gasteiger partial charge in [0.05, 0.1) is 6.61 Å². The molecule has 0 unspecified atom stereocenters. The summed E-state index contributed by atoms with van der Waals surface area (Å²) in [6, 6.07) is 1.36. The predicted octanol–water partition coefficient (Wildman–Crippen LogP) is 0.936. The molecule has 0 spiro atoms. The van der Waals surface area contributed by atoms with Crippen LogP contribution in [0.4, 0.5) is 4.39 Å². The third-order valence-electron chi connectivity index (χ3n) is 1.72. The van der Waals surface area contributed by atoms with Crippen molar-refractivity contribution in [3.8, 4) is 11.5 Å². The third kappa shape index (κ3) is 1.71. The van der Waals surface area contributed by atoms with E-state index in [-0.39, 0.29) is 12.2 Å². The number of phenolic OH excluding ortho intramolecular Hbond substituents is 2. The lowest BCUT2D eigenvalue weighted by Crippen LogP contribution is -2.02. The molecule has 0 fully saturated rings. The normalized spacial score (nSPS) is 10.4. The molecule has 0 aliphatic heterocycles. The first kappa shape index (κ1) is 9.76. The van der Waals surface area contributed by atoms with Gasteiger partial charge in [0.15, 0.2) is 17.3 Å². The van der Waals surface area contributed by atoms with Crippen molar-refractivity contribution in [1.82, 2.24) is 0 Å². The van der Waals surface area contributed by atoms with E-state index in [9.17, 15) is 4.39 Å². The predicted molar refractivity (Wildman–Crippen MR) is 43.4 cm³/mol. The van der Waals surface area contributed by atoms with Gasteiger partial charge < -0.3 is 10.2 Å². The maximum absolute atomic E-state index is 13.1. The van der Waals surface area contributed by atoms with Crippen molar-refractivity contribution < 1.29 is 19.4 Å². The number of halogens is 1. The van der Waals surface area contributed by atoms with E-state index in [1.54, 1.807) is 0 Å². The molecule has 1 aromatic rings. The van der Waals surface area contributed by atoms with E-state index >= 15 is 0 Å². The third-order valence-corrected chi connectivity index (χ3v) is 1.72. The van der Waals surface area contributed by atoms with Crippen molar-refractivity contribution in [2.45, 2.75) is 13.5 Å². The number of phenols is 2. The highest BCUT2D eigenvalue weighted by molar-refractivity contribution is 5.47. The summed E-state index contributed by atoms with van der Waals surface area (Å²) in [7, 11) is 0. The Bertz CT molecular complexity index is 328. The number of nitrogens with two attached hydrogens (primary N) is 1. The summed E-state index contributed by atoms with van der Waals surface area (Å²) in [6.07, 6.45) is 0. The van der Waals surface area contributed by atoms with E-state index in [0.29, 0.717) is 5.56 Å². The molecule has 0 radical (unpaired) electrons. The Morgan fingerprint density at radius 1 is 1.46 bits per heavy atom. The van der Waals surface area contributed by atoms with Crippen LogP contribution in [-0.4, -0.2) is 10.2 Å². The Morgan fingerprint density at radius 2 is 2.08 bits per heavy atom. The standard InChI is InChI=1S/C8H10FNO3/c1-4-2-5(3-13-10)6(9)8(12)7(4)11/h2,11-12H,3,10H2,1H3. The summed E-state index contributed by atoms with van der Waals surface area (Å²) in [5.74, 6) is 2.62. The lowest BCUT2D eigenvalue weighted by atomic mass is 10.1. The molecule has 0 atom stereocenters. The first-order valence-corrected chi connectivity index (χ1v) is 3.59. The molecule has 0 amide bonds. The number of aryl methyl sites for hydroxylation is 1. The Hall–Kier alpha value is -1.33. The fourth-order valence-electron chi connectivity index (χ4n) is 1.03. The van der Waals surface area contributed by atoms with Crippen molar-refractivity contribution >= 4 is 0 Å². The van der Waals surface area contributed by atoms with Gasteiger partial charge in [0, 0.05) is 5.56 Å². The molecule has 1 aromatic carbocycles. The highest BCUT2D eigenvalue weighted by Crippen LogP contribution is 2.33. The topological polar surface area (TPSA) is 75.7 Å². The Morgan fingerprint density at radius 3 is 2.62 bits per heavy atom. The van der Waals surface area contributed by atoms with Gasteiger partial charge in [-0.25, -0.2) is 10.3 Å². The molecular formula is C8H10FNO3. The molecule has 0 saturated heterocycles. The minimum atomic E-state index is -0.909. The second-order valence-electron chi connectivity index (χ2n) is 2.67. The van der Waals surface area contributed by atoms with Gasteiger partial charge in [-0.05, 0) is 18.6 Å². The smallest absolute Gasteiger partial charge is 0.194 e. The fraction of sp³-hybridized carbons (Fsp3) is 0.250. The van der Waals surface area contributed by atoms with Crippen molar-refractivity contribution in [1.29, 1.82) is 0 Å². The zero-order valence-electron chi connectivity index (χ0n) is 7.04. The quantitative estimate of drug-likeness (QED) is 0.475. The monoisotopic (exact) mass is 187 g/mol. The molecule has 5 heteroatoms. The summed E-state index contributed by atoms with van der Waals surface area (Å²) in [6.45, 7) is 1.38. The zero-order valence-corrected chi connectivity index (χ0v) is 7.04. The first-order chi connectivity index (χ1) is 6.07. The number of aromatic hydroxyl groups is 2. The second kappa shape index (κ2) is 3.59. The molecule has 0 heterocycles. The van der Waals surface area contributed by atoms with E-state index in [1.807, 2.05) is 0 Å². The van der Waals surface area contributed by atoms with Gasteiger partial charge in [0.1, 0.15) is 0 Å². The Balaban J connectivity index is 3.24. The van der Waals surface area contributed by atoms with Crippen LogP contribution in [0.1, 0.15) is 11.1 Å². The van der Waals surface area contributed by atoms with E-state index in [4.69, 9.17) is 16.1 Å². The fourth-order valence-corrected chi connectivity index (χ4v) is 1.03. The molecule has 0 aromatic heterocycles. The Labute approximate surface area is 74.3 Å². The number of benzene rings is 1. The number of hydrogen-bond acceptors (Lipinski definition) is 4. The maximum atomic E-state index is 13.1. The van der Waals surface area contributed by atoms with Gasteiger partial charge in [-0.2, -0.15) is 0 Å². The van der Waals surface area contributed by atoms with Gasteiger partial charge in [0.2, 0.25) is 0 Å². The summed E-state index contributed by atoms with van der Waals surface area (Å²) >= 11 is 0. The van der Waals surface area contributed by atoms with E-state index in [0.717, 1.165) is 0 Å². The summed E-state index contributed by atoms with van der Waals surface area (Å²) in [4.78, 5) is 4.23. The second-order valence-corrected chi connectivity index (χ2v) is 2.67. The summed E-state index contributed by atoms with van der Waals surface area (Å²) < 4.78 is 13.1. The molecule has 4 nitrogen and oxygen atoms in total. The average molecular weight is 187 g/mol. The van der Waals surface area contributed by atoms with Crippen molar-refractivity contribution in [3.63, 3.8) is 0 Å². The van der Waals surface area contributed by atoms with Gasteiger partial charge in [-0.15, -0.1) is 0 Å². The highest BCUT2D eigenvalue weighted by atomic mass is 19.1. The minimum absolute atomic E-state index is 0.107. The molecule has 13 heavy (non-hydrogen) atoms. The minimum Gasteiger partial charge on any atom is -0.504 e. The summed E-state index contributed by atoms with van der Waals surface area (Å²) in [5.41, 5.74) is 0.473. The molecular weight excluding hydrogens is 177 g/mol. The van der Waals surface area contributed by atoms with Gasteiger partial charge in [-0.3, -0.25) is 4.84 Å². The molecule has 0 aliphatic rings. The SMILES string of the molecule is Cc1cc(CON)c(F)c(O)c1O. The molecule has 1 rings (SSSR count). The van der Waals surface area contributed by atoms with Crippen LogP contribution in [0.3, 0.4) is 0 Å². The van der Waals surface area contributed by atoms with Gasteiger partial charge in [-0.1, -0.05) is 0 Å². The van der Waals surface area contributed by atoms with Crippen molar-refractivity contribution in [2.75, 3.05) is 0 Å². The number of hydrogen-bond donors (Lipinski definition) is 3. The van der Waals surface area contributed by atoms with Crippen LogP contribution in [0.25, 0.3) is 0 Å². The number of rotatable bonds is 2. The molecule has 0 aliphatic carbocycles. The Kier molecular flexibility index (Phi) is 2.69. The van der Waals surface area contributed by atoms with Crippen LogP contribution in [0.2, 0.25) is 0 Å². The van der Waals surface area contributed by atoms with Crippen LogP contribution in [-0.2, 0) is 11.4 Å². The van der Waals surface area contributed by atoms with Gasteiger partial charge >= 0.3 is 0 Å². The molecule has 4 N–H and O–H groups in total. The van der Waals surface area contributed by atoms with Crippen molar-refractivity contribution in [3.05, 3.63) is 23.0 Å². The zero-order chi connectivity index (χ0) is 10.0. The van der Waals surface area contributed by atoms with Crippen LogP contribution in [0, 0.1) is 12.7 Å². The molecule has 72 valence electrons. The maximum Gasteiger partial charge on any atom is 0.194 e. The van der Waals surface area contributed by atoms with E-state index in [1.165, 1.54) is 13.0 Å². The van der Waals surface area contributed by atoms with Crippen LogP contribution < -0.4 is 5.90 Å².